The van der Waals surface area contributed by atoms with Gasteiger partial charge in [-0.3, -0.25) is 0 Å². The zero-order valence-corrected chi connectivity index (χ0v) is 11.4. The molecule has 2 aliphatic heterocycles. The van der Waals surface area contributed by atoms with Crippen molar-refractivity contribution in [2.45, 2.75) is 0 Å². The molecule has 2 aliphatic rings. The molecule has 6 nitrogen and oxygen atoms in total. The van der Waals surface area contributed by atoms with E-state index in [4.69, 9.17) is 11.6 Å². The number of halogens is 1. The predicted molar refractivity (Wildman–Crippen MR) is 73.8 cm³/mol. The molecular formula is C11H17ClN6. The van der Waals surface area contributed by atoms with Crippen LogP contribution in [-0.2, 0) is 0 Å². The van der Waals surface area contributed by atoms with E-state index in [1.807, 2.05) is 7.05 Å². The smallest absolute Gasteiger partial charge is 0.226 e. The van der Waals surface area contributed by atoms with E-state index in [2.05, 4.69) is 37.0 Å². The first kappa shape index (κ1) is 11.8. The number of nitrogens with one attached hydrogen (secondary N) is 1. The third-order valence-electron chi connectivity index (χ3n) is 3.40. The lowest BCUT2D eigenvalue weighted by molar-refractivity contribution is 0.585. The molecular weight excluding hydrogens is 252 g/mol. The Hall–Kier alpha value is -1.27. The van der Waals surface area contributed by atoms with Gasteiger partial charge >= 0.3 is 0 Å². The Balaban J connectivity index is 2.06. The minimum atomic E-state index is 0.324. The van der Waals surface area contributed by atoms with Crippen molar-refractivity contribution in [1.29, 1.82) is 0 Å². The fraction of sp³-hybridized carbons (Fsp3) is 0.636. The molecule has 1 saturated heterocycles. The molecule has 0 bridgehead atoms. The van der Waals surface area contributed by atoms with Crippen LogP contribution in [0.4, 0.5) is 17.3 Å². The summed E-state index contributed by atoms with van der Waals surface area (Å²) in [5.41, 5.74) is 1.09. The van der Waals surface area contributed by atoms with E-state index in [-0.39, 0.29) is 0 Å². The van der Waals surface area contributed by atoms with Crippen LogP contribution in [0.25, 0.3) is 0 Å². The third kappa shape index (κ3) is 1.85. The van der Waals surface area contributed by atoms with Gasteiger partial charge in [0, 0.05) is 40.3 Å². The van der Waals surface area contributed by atoms with Crippen molar-refractivity contribution in [3.8, 4) is 0 Å². The van der Waals surface area contributed by atoms with Crippen molar-refractivity contribution in [3.05, 3.63) is 5.28 Å². The van der Waals surface area contributed by atoms with Crippen LogP contribution in [0, 0.1) is 0 Å². The fourth-order valence-corrected chi connectivity index (χ4v) is 2.73. The van der Waals surface area contributed by atoms with Crippen molar-refractivity contribution in [1.82, 2.24) is 15.3 Å². The SMILES string of the molecule is CN1CN(C)c2c1nc(Cl)nc2N1CCNCC1. The van der Waals surface area contributed by atoms with Crippen LogP contribution < -0.4 is 20.0 Å². The van der Waals surface area contributed by atoms with Crippen molar-refractivity contribution in [3.63, 3.8) is 0 Å². The van der Waals surface area contributed by atoms with E-state index >= 15 is 0 Å². The highest BCUT2D eigenvalue weighted by Crippen LogP contribution is 2.40. The lowest BCUT2D eigenvalue weighted by atomic mass is 10.3. The van der Waals surface area contributed by atoms with Crippen LogP contribution in [0.1, 0.15) is 0 Å². The summed E-state index contributed by atoms with van der Waals surface area (Å²) >= 11 is 6.05. The highest BCUT2D eigenvalue weighted by atomic mass is 35.5. The zero-order valence-electron chi connectivity index (χ0n) is 10.6. The largest absolute Gasteiger partial charge is 0.352 e. The number of hydrogen-bond donors (Lipinski definition) is 1. The average Bonchev–Trinajstić information content (AvgIpc) is 2.65. The first-order valence-electron chi connectivity index (χ1n) is 6.12. The summed E-state index contributed by atoms with van der Waals surface area (Å²) in [6, 6.07) is 0. The summed E-state index contributed by atoms with van der Waals surface area (Å²) in [5, 5.41) is 3.67. The monoisotopic (exact) mass is 268 g/mol. The van der Waals surface area contributed by atoms with Crippen LogP contribution in [-0.4, -0.2) is 56.9 Å². The molecule has 0 aromatic carbocycles. The lowest BCUT2D eigenvalue weighted by Crippen LogP contribution is -2.44. The molecule has 18 heavy (non-hydrogen) atoms. The molecule has 1 aromatic rings. The van der Waals surface area contributed by atoms with Gasteiger partial charge in [0.05, 0.1) is 6.67 Å². The number of fused-ring (bicyclic) bond motifs is 1. The van der Waals surface area contributed by atoms with Gasteiger partial charge in [-0.25, -0.2) is 0 Å². The summed E-state index contributed by atoms with van der Waals surface area (Å²) in [6.45, 7) is 4.70. The highest BCUT2D eigenvalue weighted by Gasteiger charge is 2.29. The molecule has 0 aliphatic carbocycles. The summed E-state index contributed by atoms with van der Waals surface area (Å²) in [6.07, 6.45) is 0. The summed E-state index contributed by atoms with van der Waals surface area (Å²) in [7, 11) is 4.08. The van der Waals surface area contributed by atoms with Gasteiger partial charge in [-0.15, -0.1) is 0 Å². The van der Waals surface area contributed by atoms with E-state index in [0.29, 0.717) is 5.28 Å². The normalized spacial score (nSPS) is 19.4. The van der Waals surface area contributed by atoms with Crippen LogP contribution in [0.2, 0.25) is 5.28 Å². The third-order valence-corrected chi connectivity index (χ3v) is 3.57. The van der Waals surface area contributed by atoms with Gasteiger partial charge in [0.2, 0.25) is 5.28 Å². The number of anilines is 3. The van der Waals surface area contributed by atoms with Gasteiger partial charge in [-0.05, 0) is 11.6 Å². The zero-order chi connectivity index (χ0) is 12.7. The van der Waals surface area contributed by atoms with Crippen LogP contribution in [0.15, 0.2) is 0 Å². The summed E-state index contributed by atoms with van der Waals surface area (Å²) in [4.78, 5) is 15.3. The first-order valence-corrected chi connectivity index (χ1v) is 6.50. The van der Waals surface area contributed by atoms with E-state index in [1.54, 1.807) is 0 Å². The van der Waals surface area contributed by atoms with Gasteiger partial charge < -0.3 is 20.0 Å². The van der Waals surface area contributed by atoms with Crippen molar-refractivity contribution in [2.75, 3.05) is 61.6 Å². The molecule has 0 atom stereocenters. The number of piperazine rings is 1. The molecule has 3 heterocycles. The lowest BCUT2D eigenvalue weighted by Gasteiger charge is -2.30. The maximum Gasteiger partial charge on any atom is 0.226 e. The van der Waals surface area contributed by atoms with E-state index in [9.17, 15) is 0 Å². The van der Waals surface area contributed by atoms with Crippen LogP contribution >= 0.6 is 11.6 Å². The molecule has 1 fully saturated rings. The van der Waals surface area contributed by atoms with E-state index in [1.165, 1.54) is 0 Å². The Kier molecular flexibility index (Phi) is 2.91. The molecule has 0 amide bonds. The molecule has 1 aromatic heterocycles. The molecule has 1 N–H and O–H groups in total. The maximum absolute atomic E-state index is 6.05. The number of nitrogens with zero attached hydrogens (tertiary/aromatic N) is 5. The van der Waals surface area contributed by atoms with Crippen LogP contribution in [0.5, 0.6) is 0 Å². The molecule has 98 valence electrons. The van der Waals surface area contributed by atoms with Crippen LogP contribution in [0.3, 0.4) is 0 Å². The Labute approximate surface area is 112 Å². The second-order valence-electron chi connectivity index (χ2n) is 4.76. The van der Waals surface area contributed by atoms with Gasteiger partial charge in [0.25, 0.3) is 0 Å². The molecule has 7 heteroatoms. The quantitative estimate of drug-likeness (QED) is 0.744. The molecule has 0 radical (unpaired) electrons. The minimum absolute atomic E-state index is 0.324. The maximum atomic E-state index is 6.05. The predicted octanol–water partition coefficient (Wildman–Crippen LogP) is 0.383. The average molecular weight is 269 g/mol. The number of rotatable bonds is 1. The van der Waals surface area contributed by atoms with Gasteiger partial charge in [-0.1, -0.05) is 0 Å². The van der Waals surface area contributed by atoms with Gasteiger partial charge in [-0.2, -0.15) is 9.97 Å². The minimum Gasteiger partial charge on any atom is -0.352 e. The highest BCUT2D eigenvalue weighted by molar-refractivity contribution is 6.28. The topological polar surface area (TPSA) is 47.5 Å². The van der Waals surface area contributed by atoms with Gasteiger partial charge in [0.15, 0.2) is 11.6 Å². The van der Waals surface area contributed by atoms with Crippen molar-refractivity contribution < 1.29 is 0 Å². The second-order valence-corrected chi connectivity index (χ2v) is 5.10. The Bertz CT molecular complexity index is 459. The Morgan fingerprint density at radius 1 is 1.06 bits per heavy atom. The van der Waals surface area contributed by atoms with Gasteiger partial charge in [0.1, 0.15) is 5.69 Å². The van der Waals surface area contributed by atoms with Crippen molar-refractivity contribution in [2.24, 2.45) is 0 Å². The molecule has 3 rings (SSSR count). The standard InChI is InChI=1S/C11H17ClN6/c1-16-7-17(2)9-8(16)10(15-11(12)14-9)18-5-3-13-4-6-18/h13H,3-7H2,1-2H3. The Morgan fingerprint density at radius 2 is 1.72 bits per heavy atom. The second kappa shape index (κ2) is 4.44. The van der Waals surface area contributed by atoms with E-state index < -0.39 is 0 Å². The number of hydrogen-bond acceptors (Lipinski definition) is 6. The molecule has 0 spiro atoms. The van der Waals surface area contributed by atoms with Crippen molar-refractivity contribution >= 4 is 28.9 Å². The number of aromatic nitrogens is 2. The first-order chi connectivity index (χ1) is 8.66. The van der Waals surface area contributed by atoms with E-state index in [0.717, 1.165) is 50.2 Å². The summed E-state index contributed by atoms with van der Waals surface area (Å²) < 4.78 is 0. The fourth-order valence-electron chi connectivity index (χ4n) is 2.57. The molecule has 0 unspecified atom stereocenters. The molecule has 0 saturated carbocycles. The summed E-state index contributed by atoms with van der Waals surface area (Å²) in [5.74, 6) is 1.88. The Morgan fingerprint density at radius 3 is 2.44 bits per heavy atom.